The molecule has 2 heterocycles. The first-order valence-corrected chi connectivity index (χ1v) is 6.20. The topological polar surface area (TPSA) is 63.1 Å². The van der Waals surface area contributed by atoms with Crippen molar-refractivity contribution in [2.24, 2.45) is 0 Å². The number of carboxylic acids is 1. The van der Waals surface area contributed by atoms with E-state index in [4.69, 9.17) is 0 Å². The quantitative estimate of drug-likeness (QED) is 0.771. The van der Waals surface area contributed by atoms with Gasteiger partial charge in [-0.25, -0.2) is 9.78 Å². The minimum absolute atomic E-state index is 0.222. The van der Waals surface area contributed by atoms with Gasteiger partial charge in [0.1, 0.15) is 0 Å². The maximum Gasteiger partial charge on any atom is 0.336 e. The zero-order chi connectivity index (χ0) is 14.1. The van der Waals surface area contributed by atoms with Crippen molar-refractivity contribution in [1.29, 1.82) is 0 Å². The van der Waals surface area contributed by atoms with Crippen LogP contribution >= 0.6 is 0 Å². The number of pyridine rings is 2. The third kappa shape index (κ3) is 2.12. The minimum Gasteiger partial charge on any atom is -0.478 e. The van der Waals surface area contributed by atoms with E-state index in [0.717, 1.165) is 11.1 Å². The number of aromatic nitrogens is 2. The van der Waals surface area contributed by atoms with Gasteiger partial charge >= 0.3 is 5.97 Å². The van der Waals surface area contributed by atoms with Crippen molar-refractivity contribution >= 4 is 16.9 Å². The number of aromatic carboxylic acids is 1. The first kappa shape index (κ1) is 12.3. The maximum atomic E-state index is 11.4. The second-order valence-electron chi connectivity index (χ2n) is 4.62. The van der Waals surface area contributed by atoms with Crippen LogP contribution in [-0.4, -0.2) is 21.0 Å². The Morgan fingerprint density at radius 1 is 1.20 bits per heavy atom. The molecule has 4 heteroatoms. The molecule has 0 amide bonds. The van der Waals surface area contributed by atoms with E-state index in [1.54, 1.807) is 18.3 Å². The summed E-state index contributed by atoms with van der Waals surface area (Å²) in [5.41, 5.74) is 3.53. The van der Waals surface area contributed by atoms with Crippen molar-refractivity contribution in [3.63, 3.8) is 0 Å². The number of carboxylic acid groups (broad SMARTS) is 1. The van der Waals surface area contributed by atoms with Gasteiger partial charge in [0.25, 0.3) is 0 Å². The highest BCUT2D eigenvalue weighted by atomic mass is 16.4. The number of hydrogen-bond acceptors (Lipinski definition) is 3. The van der Waals surface area contributed by atoms with Crippen molar-refractivity contribution in [2.75, 3.05) is 0 Å². The molecule has 20 heavy (non-hydrogen) atoms. The molecule has 0 saturated carbocycles. The van der Waals surface area contributed by atoms with Gasteiger partial charge in [-0.3, -0.25) is 4.98 Å². The lowest BCUT2D eigenvalue weighted by molar-refractivity contribution is 0.0699. The molecule has 0 aliphatic heterocycles. The van der Waals surface area contributed by atoms with Crippen LogP contribution in [0, 0.1) is 6.92 Å². The first-order valence-electron chi connectivity index (χ1n) is 6.20. The normalized spacial score (nSPS) is 10.7. The van der Waals surface area contributed by atoms with Crippen LogP contribution in [0.2, 0.25) is 0 Å². The van der Waals surface area contributed by atoms with Gasteiger partial charge < -0.3 is 5.11 Å². The molecule has 0 fully saturated rings. The summed E-state index contributed by atoms with van der Waals surface area (Å²) in [7, 11) is 0. The molecule has 3 aromatic rings. The third-order valence-electron chi connectivity index (χ3n) is 3.15. The van der Waals surface area contributed by atoms with Crippen LogP contribution in [0.15, 0.2) is 48.8 Å². The van der Waals surface area contributed by atoms with Crippen LogP contribution in [0.3, 0.4) is 0 Å². The fourth-order valence-electron chi connectivity index (χ4n) is 2.20. The Hall–Kier alpha value is -2.75. The van der Waals surface area contributed by atoms with E-state index >= 15 is 0 Å². The van der Waals surface area contributed by atoms with E-state index in [1.807, 2.05) is 31.2 Å². The molecule has 98 valence electrons. The summed E-state index contributed by atoms with van der Waals surface area (Å²) in [6.07, 6.45) is 3.15. The molecule has 0 saturated heterocycles. The van der Waals surface area contributed by atoms with Crippen molar-refractivity contribution in [3.8, 4) is 11.3 Å². The number of rotatable bonds is 2. The molecule has 0 atom stereocenters. The largest absolute Gasteiger partial charge is 0.478 e. The van der Waals surface area contributed by atoms with Gasteiger partial charge in [-0.2, -0.15) is 0 Å². The van der Waals surface area contributed by atoms with E-state index in [1.165, 1.54) is 6.20 Å². The third-order valence-corrected chi connectivity index (χ3v) is 3.15. The molecule has 0 aliphatic rings. The van der Waals surface area contributed by atoms with Crippen LogP contribution in [0.5, 0.6) is 0 Å². The summed E-state index contributed by atoms with van der Waals surface area (Å²) in [5, 5.41) is 9.91. The summed E-state index contributed by atoms with van der Waals surface area (Å²) < 4.78 is 0. The predicted octanol–water partition coefficient (Wildman–Crippen LogP) is 3.30. The molecular weight excluding hydrogens is 252 g/mol. The summed E-state index contributed by atoms with van der Waals surface area (Å²) >= 11 is 0. The molecule has 0 radical (unpaired) electrons. The van der Waals surface area contributed by atoms with Crippen LogP contribution < -0.4 is 0 Å². The number of fused-ring (bicyclic) bond motifs is 1. The Labute approximate surface area is 115 Å². The highest BCUT2D eigenvalue weighted by Crippen LogP contribution is 2.24. The molecular formula is C16H12N2O2. The summed E-state index contributed by atoms with van der Waals surface area (Å²) in [6.45, 7) is 1.99. The molecule has 4 nitrogen and oxygen atoms in total. The molecule has 0 spiro atoms. The second-order valence-corrected chi connectivity index (χ2v) is 4.62. The Morgan fingerprint density at radius 2 is 2.05 bits per heavy atom. The smallest absolute Gasteiger partial charge is 0.336 e. The Morgan fingerprint density at radius 3 is 2.80 bits per heavy atom. The molecule has 1 N–H and O–H groups in total. The van der Waals surface area contributed by atoms with Crippen LogP contribution in [-0.2, 0) is 0 Å². The lowest BCUT2D eigenvalue weighted by atomic mass is 10.0. The Balaban J connectivity index is 2.30. The first-order chi connectivity index (χ1) is 9.65. The highest BCUT2D eigenvalue weighted by molar-refractivity contribution is 6.03. The van der Waals surface area contributed by atoms with Gasteiger partial charge in [-0.05, 0) is 25.1 Å². The van der Waals surface area contributed by atoms with Gasteiger partial charge in [0.2, 0.25) is 0 Å². The number of carbonyl (C=O) groups is 1. The summed E-state index contributed by atoms with van der Waals surface area (Å²) in [4.78, 5) is 19.9. The lowest BCUT2D eigenvalue weighted by Gasteiger charge is -2.07. The van der Waals surface area contributed by atoms with Gasteiger partial charge in [0.05, 0.1) is 16.8 Å². The van der Waals surface area contributed by atoms with Gasteiger partial charge in [0, 0.05) is 23.3 Å². The molecule has 0 aliphatic carbocycles. The number of nitrogens with zero attached hydrogens (tertiary/aromatic N) is 2. The fraction of sp³-hybridized carbons (Fsp3) is 0.0625. The fourth-order valence-corrected chi connectivity index (χ4v) is 2.20. The van der Waals surface area contributed by atoms with E-state index in [0.29, 0.717) is 16.6 Å². The SMILES string of the molecule is Cc1cccc(-c2cc(C(=O)O)c3cnccc3n2)c1. The van der Waals surface area contributed by atoms with E-state index in [-0.39, 0.29) is 5.56 Å². The van der Waals surface area contributed by atoms with Gasteiger partial charge in [-0.1, -0.05) is 23.8 Å². The van der Waals surface area contributed by atoms with Gasteiger partial charge in [-0.15, -0.1) is 0 Å². The van der Waals surface area contributed by atoms with Crippen molar-refractivity contribution in [3.05, 3.63) is 59.9 Å². The van der Waals surface area contributed by atoms with Crippen LogP contribution in [0.4, 0.5) is 0 Å². The summed E-state index contributed by atoms with van der Waals surface area (Å²) in [5.74, 6) is -0.973. The zero-order valence-corrected chi connectivity index (χ0v) is 10.9. The van der Waals surface area contributed by atoms with Crippen molar-refractivity contribution in [1.82, 2.24) is 9.97 Å². The molecule has 1 aromatic carbocycles. The highest BCUT2D eigenvalue weighted by Gasteiger charge is 2.12. The monoisotopic (exact) mass is 264 g/mol. The average molecular weight is 264 g/mol. The number of benzene rings is 1. The Bertz CT molecular complexity index is 812. The van der Waals surface area contributed by atoms with E-state index in [2.05, 4.69) is 9.97 Å². The van der Waals surface area contributed by atoms with Gasteiger partial charge in [0.15, 0.2) is 0 Å². The molecule has 0 bridgehead atoms. The lowest BCUT2D eigenvalue weighted by Crippen LogP contribution is -2.00. The minimum atomic E-state index is -0.973. The maximum absolute atomic E-state index is 11.4. The van der Waals surface area contributed by atoms with Crippen molar-refractivity contribution < 1.29 is 9.90 Å². The second kappa shape index (κ2) is 4.74. The average Bonchev–Trinajstić information content (AvgIpc) is 2.46. The Kier molecular flexibility index (Phi) is 2.91. The molecule has 3 rings (SSSR count). The standard InChI is InChI=1S/C16H12N2O2/c1-10-3-2-4-11(7-10)15-8-12(16(19)20)13-9-17-6-5-14(13)18-15/h2-9H,1H3,(H,19,20). The predicted molar refractivity (Wildman–Crippen MR) is 76.7 cm³/mol. The van der Waals surface area contributed by atoms with E-state index in [9.17, 15) is 9.90 Å². The van der Waals surface area contributed by atoms with Crippen LogP contribution in [0.1, 0.15) is 15.9 Å². The number of hydrogen-bond donors (Lipinski definition) is 1. The molecule has 0 unspecified atom stereocenters. The zero-order valence-electron chi connectivity index (χ0n) is 10.9. The van der Waals surface area contributed by atoms with Crippen molar-refractivity contribution in [2.45, 2.75) is 6.92 Å². The van der Waals surface area contributed by atoms with E-state index < -0.39 is 5.97 Å². The summed E-state index contributed by atoms with van der Waals surface area (Å²) in [6, 6.07) is 11.2. The molecule has 2 aromatic heterocycles. The van der Waals surface area contributed by atoms with Crippen LogP contribution in [0.25, 0.3) is 22.2 Å². The number of aryl methyl sites for hydroxylation is 1.